The second-order valence-corrected chi connectivity index (χ2v) is 21.8. The second-order valence-electron chi connectivity index (χ2n) is 21.8. The molecule has 0 saturated carbocycles. The number of ether oxygens (including phenoxy) is 4. The van der Waals surface area contributed by atoms with Crippen LogP contribution in [0.3, 0.4) is 0 Å². The zero-order chi connectivity index (χ0) is 54.6. The molecule has 2 aliphatic heterocycles. The predicted octanol–water partition coefficient (Wildman–Crippen LogP) is 10.6. The quantitative estimate of drug-likeness (QED) is 0.0204. The fraction of sp³-hybridized carbons (Fsp3) is 0.885. The number of nitrogens with one attached hydrogen (secondary N) is 1. The highest BCUT2D eigenvalue weighted by molar-refractivity contribution is 5.76. The minimum absolute atomic E-state index is 0.248. The Morgan fingerprint density at radius 2 is 0.853 bits per heavy atom. The minimum Gasteiger partial charge on any atom is -0.394 e. The summed E-state index contributed by atoms with van der Waals surface area (Å²) in [6.07, 6.45) is 40.9. The topological polar surface area (TPSA) is 228 Å². The minimum atomic E-state index is -1.79. The lowest BCUT2D eigenvalue weighted by Gasteiger charge is -2.46. The Morgan fingerprint density at radius 3 is 1.32 bits per heavy atom. The Hall–Kier alpha value is -1.79. The van der Waals surface area contributed by atoms with Gasteiger partial charge in [0.25, 0.3) is 0 Å². The van der Waals surface area contributed by atoms with E-state index < -0.39 is 86.8 Å². The number of aliphatic hydroxyl groups is 8. The van der Waals surface area contributed by atoms with Crippen LogP contribution in [0.25, 0.3) is 0 Å². The van der Waals surface area contributed by atoms with Crippen LogP contribution in [-0.4, -0.2) is 140 Å². The average Bonchev–Trinajstić information content (AvgIpc) is 3.41. The molecule has 2 heterocycles. The van der Waals surface area contributed by atoms with Crippen LogP contribution < -0.4 is 5.32 Å². The molecule has 0 aromatic rings. The number of hydrogen-bond donors (Lipinski definition) is 9. The number of carbonyl (C=O) groups excluding carboxylic acids is 1. The van der Waals surface area contributed by atoms with Crippen molar-refractivity contribution in [3.8, 4) is 0 Å². The summed E-state index contributed by atoms with van der Waals surface area (Å²) in [4.78, 5) is 13.2. The van der Waals surface area contributed by atoms with Crippen LogP contribution in [0.15, 0.2) is 36.5 Å². The highest BCUT2D eigenvalue weighted by Crippen LogP contribution is 2.30. The summed E-state index contributed by atoms with van der Waals surface area (Å²) in [6.45, 7) is 2.75. The maximum atomic E-state index is 13.2. The maximum Gasteiger partial charge on any atom is 0.220 e. The van der Waals surface area contributed by atoms with Crippen LogP contribution in [0.5, 0.6) is 0 Å². The van der Waals surface area contributed by atoms with E-state index >= 15 is 0 Å². The predicted molar refractivity (Wildman–Crippen MR) is 300 cm³/mol. The number of aliphatic hydroxyl groups excluding tert-OH is 8. The Morgan fingerprint density at radius 1 is 0.467 bits per heavy atom. The molecule has 1 amide bonds. The van der Waals surface area contributed by atoms with Crippen LogP contribution in [0.4, 0.5) is 0 Å². The molecule has 12 unspecified atom stereocenters. The highest BCUT2D eigenvalue weighted by Gasteiger charge is 2.51. The molecule has 2 saturated heterocycles. The number of hydrogen-bond acceptors (Lipinski definition) is 13. The molecule has 14 nitrogen and oxygen atoms in total. The molecule has 0 radical (unpaired) electrons. The van der Waals surface area contributed by atoms with Gasteiger partial charge in [-0.25, -0.2) is 0 Å². The van der Waals surface area contributed by atoms with E-state index in [0.29, 0.717) is 12.8 Å². The molecule has 2 aliphatic rings. The lowest BCUT2D eigenvalue weighted by atomic mass is 9.97. The van der Waals surface area contributed by atoms with Gasteiger partial charge in [-0.1, -0.05) is 224 Å². The molecule has 9 N–H and O–H groups in total. The van der Waals surface area contributed by atoms with Gasteiger partial charge < -0.3 is 65.1 Å². The van der Waals surface area contributed by atoms with E-state index in [1.54, 1.807) is 6.08 Å². The molecule has 75 heavy (non-hydrogen) atoms. The molecule has 2 fully saturated rings. The van der Waals surface area contributed by atoms with Gasteiger partial charge in [0.05, 0.1) is 32.0 Å². The van der Waals surface area contributed by atoms with Crippen molar-refractivity contribution in [2.24, 2.45) is 0 Å². The normalized spacial score (nSPS) is 25.3. The van der Waals surface area contributed by atoms with Gasteiger partial charge >= 0.3 is 0 Å². The molecular weight excluding hydrogens is 955 g/mol. The van der Waals surface area contributed by atoms with E-state index in [0.717, 1.165) is 32.1 Å². The summed E-state index contributed by atoms with van der Waals surface area (Å²) in [5, 5.41) is 86.8. The Kier molecular flexibility index (Phi) is 43.5. The van der Waals surface area contributed by atoms with Crippen molar-refractivity contribution in [3.63, 3.8) is 0 Å². The van der Waals surface area contributed by atoms with Crippen molar-refractivity contribution >= 4 is 5.91 Å². The Bertz CT molecular complexity index is 1400. The van der Waals surface area contributed by atoms with E-state index in [2.05, 4.69) is 43.5 Å². The fourth-order valence-electron chi connectivity index (χ4n) is 10.1. The first-order valence-corrected chi connectivity index (χ1v) is 30.7. The van der Waals surface area contributed by atoms with Crippen LogP contribution in [0, 0.1) is 0 Å². The maximum absolute atomic E-state index is 13.2. The van der Waals surface area contributed by atoms with Crippen molar-refractivity contribution in [1.29, 1.82) is 0 Å². The SMILES string of the molecule is CCCCCC/C=C/CC/C=C/C(O)C(COC1OC(CO)C(OC2OC(CO)C(O)C(O)C2O)C(O)C1O)NC(=O)CCCCCCCCCCCCCCCCCCCCC/C=C\CCCCCCCCCC. The molecule has 2 rings (SSSR count). The summed E-state index contributed by atoms with van der Waals surface area (Å²) >= 11 is 0. The first kappa shape index (κ1) is 69.3. The van der Waals surface area contributed by atoms with Gasteiger partial charge in [0.1, 0.15) is 48.8 Å². The smallest absolute Gasteiger partial charge is 0.220 e. The third-order valence-electron chi connectivity index (χ3n) is 15.0. The molecule has 0 aromatic carbocycles. The van der Waals surface area contributed by atoms with E-state index in [1.807, 2.05) is 6.08 Å². The second kappa shape index (κ2) is 47.1. The molecule has 14 heteroatoms. The zero-order valence-corrected chi connectivity index (χ0v) is 47.3. The Balaban J connectivity index is 1.62. The van der Waals surface area contributed by atoms with Gasteiger partial charge in [-0.2, -0.15) is 0 Å². The first-order chi connectivity index (χ1) is 36.6. The number of carbonyl (C=O) groups is 1. The lowest BCUT2D eigenvalue weighted by molar-refractivity contribution is -0.359. The summed E-state index contributed by atoms with van der Waals surface area (Å²) in [5.74, 6) is -0.248. The van der Waals surface area contributed by atoms with Crippen LogP contribution in [-0.2, 0) is 23.7 Å². The van der Waals surface area contributed by atoms with Gasteiger partial charge in [-0.3, -0.25) is 4.79 Å². The number of allylic oxidation sites excluding steroid dienone is 5. The Labute approximate surface area is 455 Å². The fourth-order valence-corrected chi connectivity index (χ4v) is 10.1. The average molecular weight is 1070 g/mol. The monoisotopic (exact) mass is 1070 g/mol. The summed E-state index contributed by atoms with van der Waals surface area (Å²) in [6, 6.07) is -0.928. The van der Waals surface area contributed by atoms with Crippen LogP contribution >= 0.6 is 0 Å². The molecule has 0 spiro atoms. The van der Waals surface area contributed by atoms with Crippen molar-refractivity contribution in [3.05, 3.63) is 36.5 Å². The third kappa shape index (κ3) is 32.8. The van der Waals surface area contributed by atoms with Crippen LogP contribution in [0.1, 0.15) is 251 Å². The van der Waals surface area contributed by atoms with Crippen LogP contribution in [0.2, 0.25) is 0 Å². The molecule has 12 atom stereocenters. The summed E-state index contributed by atoms with van der Waals surface area (Å²) < 4.78 is 22.7. The first-order valence-electron chi connectivity index (χ1n) is 30.7. The molecule has 0 bridgehead atoms. The van der Waals surface area contributed by atoms with E-state index in [9.17, 15) is 45.6 Å². The van der Waals surface area contributed by atoms with Crippen molar-refractivity contribution in [2.45, 2.75) is 325 Å². The molecule has 0 aliphatic carbocycles. The van der Waals surface area contributed by atoms with E-state index in [1.165, 1.54) is 186 Å². The lowest BCUT2D eigenvalue weighted by Crippen LogP contribution is -2.65. The van der Waals surface area contributed by atoms with E-state index in [4.69, 9.17) is 18.9 Å². The number of amides is 1. The van der Waals surface area contributed by atoms with Crippen molar-refractivity contribution in [1.82, 2.24) is 5.32 Å². The molecule has 0 aromatic heterocycles. The summed E-state index contributed by atoms with van der Waals surface area (Å²) in [7, 11) is 0. The van der Waals surface area contributed by atoms with Crippen molar-refractivity contribution in [2.75, 3.05) is 19.8 Å². The van der Waals surface area contributed by atoms with Crippen molar-refractivity contribution < 1.29 is 64.6 Å². The third-order valence-corrected chi connectivity index (χ3v) is 15.0. The zero-order valence-electron chi connectivity index (χ0n) is 47.3. The standard InChI is InChI=1S/C61H113NO13/c1-3-5-7-9-11-13-15-16-17-18-19-20-21-22-23-24-25-26-27-28-29-30-31-32-33-34-35-37-39-41-43-45-53(66)62-49(50(65)44-42-40-38-36-14-12-10-8-6-4-2)48-72-60-58(71)56(69)59(52(47-64)74-60)75-61-57(70)55(68)54(67)51(46-63)73-61/h14,18-19,36,42,44,49-52,54-61,63-65,67-71H,3-13,15-17,20-35,37-41,43,45-48H2,1-2H3,(H,62,66)/b19-18-,36-14+,44-42+. The molecule has 440 valence electrons. The van der Waals surface area contributed by atoms with Gasteiger partial charge in [-0.15, -0.1) is 0 Å². The van der Waals surface area contributed by atoms with Gasteiger partial charge in [0.2, 0.25) is 5.91 Å². The van der Waals surface area contributed by atoms with Gasteiger partial charge in [0, 0.05) is 6.42 Å². The van der Waals surface area contributed by atoms with E-state index in [-0.39, 0.29) is 18.9 Å². The number of rotatable bonds is 49. The highest BCUT2D eigenvalue weighted by atomic mass is 16.7. The van der Waals surface area contributed by atoms with Gasteiger partial charge in [-0.05, 0) is 57.8 Å². The number of unbranched alkanes of at least 4 members (excludes halogenated alkanes) is 32. The molecular formula is C61H113NO13. The largest absolute Gasteiger partial charge is 0.394 e. The van der Waals surface area contributed by atoms with Gasteiger partial charge in [0.15, 0.2) is 12.6 Å². The summed E-state index contributed by atoms with van der Waals surface area (Å²) in [5.41, 5.74) is 0.